The van der Waals surface area contributed by atoms with Crippen LogP contribution >= 0.6 is 0 Å². The van der Waals surface area contributed by atoms with Gasteiger partial charge in [-0.1, -0.05) is 24.3 Å². The molecule has 0 aliphatic heterocycles. The fraction of sp³-hybridized carbons (Fsp3) is 0.0370. The lowest BCUT2D eigenvalue weighted by atomic mass is 9.98. The van der Waals surface area contributed by atoms with Crippen molar-refractivity contribution >= 4 is 34.1 Å². The van der Waals surface area contributed by atoms with E-state index in [1.165, 1.54) is 6.26 Å². The number of fused-ring (bicyclic) bond motifs is 1. The summed E-state index contributed by atoms with van der Waals surface area (Å²) in [5, 5.41) is 6.88. The first kappa shape index (κ1) is 20.3. The molecule has 0 spiro atoms. The van der Waals surface area contributed by atoms with Gasteiger partial charge < -0.3 is 20.0 Å². The van der Waals surface area contributed by atoms with Crippen molar-refractivity contribution in [3.05, 3.63) is 108 Å². The molecule has 162 valence electrons. The van der Waals surface area contributed by atoms with E-state index in [2.05, 4.69) is 15.6 Å². The molecule has 6 nitrogen and oxygen atoms in total. The number of aryl methyl sites for hydroxylation is 1. The van der Waals surface area contributed by atoms with Crippen molar-refractivity contribution in [1.82, 2.24) is 4.98 Å². The van der Waals surface area contributed by atoms with Crippen LogP contribution in [-0.2, 0) is 0 Å². The van der Waals surface area contributed by atoms with Crippen LogP contribution in [0.25, 0.3) is 22.0 Å². The summed E-state index contributed by atoms with van der Waals surface area (Å²) >= 11 is 0. The highest BCUT2D eigenvalue weighted by molar-refractivity contribution is 6.05. The Labute approximate surface area is 190 Å². The average Bonchev–Trinajstić information content (AvgIpc) is 3.52. The SMILES string of the molecule is Cc1ccc(NC(=O)c2ccco2)cc1-c1ccc(C(=O)Nc2ccc3cc[nH]c3c2)cc1. The Bertz CT molecular complexity index is 1450. The van der Waals surface area contributed by atoms with Gasteiger partial charge in [-0.3, -0.25) is 9.59 Å². The number of benzene rings is 3. The Balaban J connectivity index is 1.33. The second-order valence-electron chi connectivity index (χ2n) is 7.77. The summed E-state index contributed by atoms with van der Waals surface area (Å²) in [6.07, 6.45) is 3.33. The number of amides is 2. The van der Waals surface area contributed by atoms with Gasteiger partial charge in [0, 0.05) is 28.7 Å². The summed E-state index contributed by atoms with van der Waals surface area (Å²) in [6, 6.07) is 24.1. The van der Waals surface area contributed by atoms with Gasteiger partial charge in [-0.2, -0.15) is 0 Å². The third-order valence-corrected chi connectivity index (χ3v) is 5.51. The number of anilines is 2. The van der Waals surface area contributed by atoms with E-state index < -0.39 is 0 Å². The molecular formula is C27H21N3O3. The molecule has 0 saturated carbocycles. The molecule has 0 atom stereocenters. The van der Waals surface area contributed by atoms with E-state index in [4.69, 9.17) is 4.42 Å². The van der Waals surface area contributed by atoms with Crippen molar-refractivity contribution in [2.45, 2.75) is 6.92 Å². The topological polar surface area (TPSA) is 87.1 Å². The third-order valence-electron chi connectivity index (χ3n) is 5.51. The molecule has 5 aromatic rings. The number of hydrogen-bond donors (Lipinski definition) is 3. The first-order valence-electron chi connectivity index (χ1n) is 10.5. The molecule has 33 heavy (non-hydrogen) atoms. The lowest BCUT2D eigenvalue weighted by Gasteiger charge is -2.11. The summed E-state index contributed by atoms with van der Waals surface area (Å²) in [5.74, 6) is -0.231. The van der Waals surface area contributed by atoms with E-state index in [1.54, 1.807) is 24.3 Å². The maximum atomic E-state index is 12.7. The van der Waals surface area contributed by atoms with Crippen LogP contribution in [0.4, 0.5) is 11.4 Å². The van der Waals surface area contributed by atoms with Crippen LogP contribution in [0.15, 0.2) is 95.7 Å². The number of carbonyl (C=O) groups excluding carboxylic acids is 2. The molecule has 3 aromatic carbocycles. The minimum Gasteiger partial charge on any atom is -0.459 e. The molecule has 5 rings (SSSR count). The summed E-state index contributed by atoms with van der Waals surface area (Å²) in [6.45, 7) is 2.00. The van der Waals surface area contributed by atoms with Crippen LogP contribution in [0, 0.1) is 6.92 Å². The number of aromatic amines is 1. The molecule has 0 saturated heterocycles. The van der Waals surface area contributed by atoms with Crippen LogP contribution in [0.1, 0.15) is 26.5 Å². The van der Waals surface area contributed by atoms with E-state index in [1.807, 2.05) is 67.7 Å². The highest BCUT2D eigenvalue weighted by Crippen LogP contribution is 2.27. The van der Waals surface area contributed by atoms with Gasteiger partial charge in [-0.05, 0) is 83.6 Å². The van der Waals surface area contributed by atoms with Crippen LogP contribution in [0.5, 0.6) is 0 Å². The molecule has 0 unspecified atom stereocenters. The van der Waals surface area contributed by atoms with Gasteiger partial charge in [-0.25, -0.2) is 0 Å². The smallest absolute Gasteiger partial charge is 0.291 e. The normalized spacial score (nSPS) is 10.8. The second-order valence-corrected chi connectivity index (χ2v) is 7.77. The van der Waals surface area contributed by atoms with Crippen LogP contribution < -0.4 is 10.6 Å². The van der Waals surface area contributed by atoms with Crippen LogP contribution in [0.2, 0.25) is 0 Å². The van der Waals surface area contributed by atoms with E-state index in [9.17, 15) is 9.59 Å². The van der Waals surface area contributed by atoms with Crippen molar-refractivity contribution < 1.29 is 14.0 Å². The first-order chi connectivity index (χ1) is 16.1. The molecule has 0 aliphatic rings. The highest BCUT2D eigenvalue weighted by atomic mass is 16.3. The Morgan fingerprint density at radius 2 is 1.58 bits per heavy atom. The van der Waals surface area contributed by atoms with E-state index >= 15 is 0 Å². The summed E-state index contributed by atoms with van der Waals surface area (Å²) in [5.41, 5.74) is 5.90. The van der Waals surface area contributed by atoms with Gasteiger partial charge in [0.25, 0.3) is 11.8 Å². The van der Waals surface area contributed by atoms with Gasteiger partial charge in [0.2, 0.25) is 0 Å². The Kier molecular flexibility index (Phi) is 5.24. The molecule has 0 aliphatic carbocycles. The standard InChI is InChI=1S/C27H21N3O3/c1-17-4-10-21(30-27(32)25-3-2-14-33-25)15-23(17)18-5-7-20(8-6-18)26(31)29-22-11-9-19-12-13-28-24(19)16-22/h2-16,28H,1H3,(H,29,31)(H,30,32). The number of furan rings is 1. The van der Waals surface area contributed by atoms with Crippen molar-refractivity contribution in [1.29, 1.82) is 0 Å². The lowest BCUT2D eigenvalue weighted by Crippen LogP contribution is -2.11. The number of nitrogens with one attached hydrogen (secondary N) is 3. The van der Waals surface area contributed by atoms with Crippen molar-refractivity contribution in [2.24, 2.45) is 0 Å². The second kappa shape index (κ2) is 8.51. The quantitative estimate of drug-likeness (QED) is 0.305. The largest absolute Gasteiger partial charge is 0.459 e. The number of aromatic nitrogens is 1. The summed E-state index contributed by atoms with van der Waals surface area (Å²) < 4.78 is 5.15. The Hall–Kier alpha value is -4.58. The van der Waals surface area contributed by atoms with Crippen molar-refractivity contribution in [3.63, 3.8) is 0 Å². The predicted molar refractivity (Wildman–Crippen MR) is 130 cm³/mol. The average molecular weight is 435 g/mol. The fourth-order valence-corrected chi connectivity index (χ4v) is 3.74. The zero-order chi connectivity index (χ0) is 22.8. The van der Waals surface area contributed by atoms with Gasteiger partial charge in [0.1, 0.15) is 0 Å². The molecular weight excluding hydrogens is 414 g/mol. The third kappa shape index (κ3) is 4.27. The van der Waals surface area contributed by atoms with E-state index in [0.29, 0.717) is 11.3 Å². The van der Waals surface area contributed by atoms with Gasteiger partial charge >= 0.3 is 0 Å². The van der Waals surface area contributed by atoms with Crippen molar-refractivity contribution in [3.8, 4) is 11.1 Å². The molecule has 0 fully saturated rings. The number of H-pyrrole nitrogens is 1. The predicted octanol–water partition coefficient (Wildman–Crippen LogP) is 6.24. The van der Waals surface area contributed by atoms with Crippen LogP contribution in [-0.4, -0.2) is 16.8 Å². The molecule has 2 heterocycles. The maximum Gasteiger partial charge on any atom is 0.291 e. The molecule has 2 amide bonds. The number of rotatable bonds is 5. The zero-order valence-corrected chi connectivity index (χ0v) is 17.9. The van der Waals surface area contributed by atoms with Crippen molar-refractivity contribution in [2.75, 3.05) is 10.6 Å². The molecule has 2 aromatic heterocycles. The first-order valence-corrected chi connectivity index (χ1v) is 10.5. The minimum absolute atomic E-state index is 0.177. The monoisotopic (exact) mass is 435 g/mol. The van der Waals surface area contributed by atoms with Gasteiger partial charge in [-0.15, -0.1) is 0 Å². The number of hydrogen-bond acceptors (Lipinski definition) is 3. The Morgan fingerprint density at radius 1 is 0.818 bits per heavy atom. The molecule has 0 radical (unpaired) electrons. The highest BCUT2D eigenvalue weighted by Gasteiger charge is 2.12. The molecule has 3 N–H and O–H groups in total. The fourth-order valence-electron chi connectivity index (χ4n) is 3.74. The molecule has 6 heteroatoms. The van der Waals surface area contributed by atoms with E-state index in [0.717, 1.165) is 33.3 Å². The van der Waals surface area contributed by atoms with Gasteiger partial charge in [0.05, 0.1) is 6.26 Å². The lowest BCUT2D eigenvalue weighted by molar-refractivity contribution is 0.0994. The zero-order valence-electron chi connectivity index (χ0n) is 17.9. The van der Waals surface area contributed by atoms with Gasteiger partial charge in [0.15, 0.2) is 5.76 Å². The summed E-state index contributed by atoms with van der Waals surface area (Å²) in [7, 11) is 0. The maximum absolute atomic E-state index is 12.7. The number of carbonyl (C=O) groups is 2. The summed E-state index contributed by atoms with van der Waals surface area (Å²) in [4.78, 5) is 28.1. The molecule has 0 bridgehead atoms. The Morgan fingerprint density at radius 3 is 2.36 bits per heavy atom. The van der Waals surface area contributed by atoms with Crippen LogP contribution in [0.3, 0.4) is 0 Å². The minimum atomic E-state index is -0.306. The van der Waals surface area contributed by atoms with E-state index in [-0.39, 0.29) is 17.6 Å².